The second-order valence-electron chi connectivity index (χ2n) is 8.67. The fraction of sp³-hybridized carbons (Fsp3) is 0.138. The van der Waals surface area contributed by atoms with Gasteiger partial charge in [0.1, 0.15) is 24.5 Å². The van der Waals surface area contributed by atoms with Gasteiger partial charge in [-0.05, 0) is 72.3 Å². The Labute approximate surface area is 226 Å². The molecule has 9 nitrogen and oxygen atoms in total. The molecule has 0 atom stereocenters. The minimum atomic E-state index is -0.390. The number of thioether (sulfide) groups is 1. The third-order valence-electron chi connectivity index (χ3n) is 6.23. The number of benzene rings is 3. The lowest BCUT2D eigenvalue weighted by Gasteiger charge is -2.13. The number of hydrogen-bond donors (Lipinski definition) is 1. The standard InChI is InChI=1S/C29H21NO8S/c1-16(27-28(32)30-29(33)39-27)17-6-9-19(10-7-17)34-12-13-35-26-24(31)20-4-2-3-5-21(20)38-25(26)18-8-11-22-23(14-18)37-15-36-22/h2-11,14H,12-13,15H2,1H3,(H,30,32,33)/b27-16-. The highest BCUT2D eigenvalue weighted by Crippen LogP contribution is 2.39. The normalized spacial score (nSPS) is 15.4. The van der Waals surface area contributed by atoms with Crippen molar-refractivity contribution >= 4 is 39.5 Å². The molecule has 1 saturated heterocycles. The molecule has 3 aromatic carbocycles. The Bertz CT molecular complexity index is 1710. The summed E-state index contributed by atoms with van der Waals surface area (Å²) < 4.78 is 28.7. The van der Waals surface area contributed by atoms with E-state index < -0.39 is 5.91 Å². The molecule has 0 radical (unpaired) electrons. The molecule has 0 saturated carbocycles. The molecule has 0 spiro atoms. The zero-order valence-electron chi connectivity index (χ0n) is 20.6. The topological polar surface area (TPSA) is 113 Å². The van der Waals surface area contributed by atoms with E-state index in [-0.39, 0.29) is 42.2 Å². The Morgan fingerprint density at radius 2 is 1.69 bits per heavy atom. The summed E-state index contributed by atoms with van der Waals surface area (Å²) in [5, 5.41) is 2.30. The first-order chi connectivity index (χ1) is 19.0. The number of amides is 2. The predicted molar refractivity (Wildman–Crippen MR) is 145 cm³/mol. The minimum Gasteiger partial charge on any atom is -0.490 e. The summed E-state index contributed by atoms with van der Waals surface area (Å²) >= 11 is 0.888. The molecule has 6 rings (SSSR count). The second kappa shape index (κ2) is 10.2. The van der Waals surface area contributed by atoms with Crippen LogP contribution >= 0.6 is 11.8 Å². The fourth-order valence-corrected chi connectivity index (χ4v) is 5.02. The number of allylic oxidation sites excluding steroid dienone is 1. The number of imide groups is 1. The van der Waals surface area contributed by atoms with Gasteiger partial charge in [0, 0.05) is 5.56 Å². The van der Waals surface area contributed by atoms with Gasteiger partial charge in [-0.15, -0.1) is 0 Å². The highest BCUT2D eigenvalue weighted by molar-refractivity contribution is 8.18. The number of carbonyl (C=O) groups is 2. The molecule has 2 aliphatic heterocycles. The molecular weight excluding hydrogens is 522 g/mol. The van der Waals surface area contributed by atoms with Crippen molar-refractivity contribution in [1.29, 1.82) is 0 Å². The Morgan fingerprint density at radius 3 is 2.49 bits per heavy atom. The lowest BCUT2D eigenvalue weighted by atomic mass is 10.1. The second-order valence-corrected chi connectivity index (χ2v) is 9.66. The Balaban J connectivity index is 1.18. The number of fused-ring (bicyclic) bond motifs is 2. The first-order valence-electron chi connectivity index (χ1n) is 12.0. The van der Waals surface area contributed by atoms with Gasteiger partial charge in [-0.25, -0.2) is 0 Å². The first kappa shape index (κ1) is 24.6. The van der Waals surface area contributed by atoms with Crippen LogP contribution < -0.4 is 29.7 Å². The van der Waals surface area contributed by atoms with Crippen LogP contribution in [0.4, 0.5) is 4.79 Å². The Morgan fingerprint density at radius 1 is 0.923 bits per heavy atom. The molecule has 1 fully saturated rings. The number of ether oxygens (including phenoxy) is 4. The van der Waals surface area contributed by atoms with Crippen LogP contribution in [0.2, 0.25) is 0 Å². The minimum absolute atomic E-state index is 0.0793. The van der Waals surface area contributed by atoms with E-state index in [0.29, 0.717) is 44.3 Å². The van der Waals surface area contributed by atoms with Crippen LogP contribution in [0.25, 0.3) is 27.9 Å². The van der Waals surface area contributed by atoms with Gasteiger partial charge in [0.15, 0.2) is 17.3 Å². The highest BCUT2D eigenvalue weighted by Gasteiger charge is 2.27. The zero-order chi connectivity index (χ0) is 26.9. The molecule has 1 aromatic heterocycles. The van der Waals surface area contributed by atoms with Crippen molar-refractivity contribution in [3.8, 4) is 34.3 Å². The number of para-hydroxylation sites is 1. The summed E-state index contributed by atoms with van der Waals surface area (Å²) in [6.07, 6.45) is 0. The molecule has 0 unspecified atom stereocenters. The molecule has 2 amide bonds. The number of nitrogens with one attached hydrogen (secondary N) is 1. The quantitative estimate of drug-likeness (QED) is 0.243. The molecule has 4 aromatic rings. The third-order valence-corrected chi connectivity index (χ3v) is 7.22. The SMILES string of the molecule is C/C(=C1/SC(=O)NC1=O)c1ccc(OCCOc2c(-c3ccc4c(c3)OCO4)oc3ccccc3c2=O)cc1. The smallest absolute Gasteiger partial charge is 0.290 e. The van der Waals surface area contributed by atoms with E-state index in [9.17, 15) is 14.4 Å². The van der Waals surface area contributed by atoms with E-state index in [0.717, 1.165) is 17.3 Å². The lowest BCUT2D eigenvalue weighted by Crippen LogP contribution is -2.18. The molecule has 39 heavy (non-hydrogen) atoms. The van der Waals surface area contributed by atoms with Crippen molar-refractivity contribution in [2.75, 3.05) is 20.0 Å². The third kappa shape index (κ3) is 4.82. The van der Waals surface area contributed by atoms with E-state index in [4.69, 9.17) is 23.4 Å². The van der Waals surface area contributed by atoms with Crippen LogP contribution in [0.5, 0.6) is 23.0 Å². The number of hydrogen-bond acceptors (Lipinski definition) is 9. The molecular formula is C29H21NO8S. The van der Waals surface area contributed by atoms with E-state index in [2.05, 4.69) is 5.32 Å². The largest absolute Gasteiger partial charge is 0.490 e. The molecule has 3 heterocycles. The van der Waals surface area contributed by atoms with Gasteiger partial charge >= 0.3 is 0 Å². The van der Waals surface area contributed by atoms with Gasteiger partial charge in [-0.3, -0.25) is 19.7 Å². The van der Waals surface area contributed by atoms with Crippen molar-refractivity contribution in [1.82, 2.24) is 5.32 Å². The summed E-state index contributed by atoms with van der Waals surface area (Å²) in [5.74, 6) is 1.74. The van der Waals surface area contributed by atoms with E-state index >= 15 is 0 Å². The maximum absolute atomic E-state index is 13.3. The highest BCUT2D eigenvalue weighted by atomic mass is 32.2. The molecule has 2 aliphatic rings. The summed E-state index contributed by atoms with van der Waals surface area (Å²) in [6.45, 7) is 2.17. The van der Waals surface area contributed by atoms with Crippen LogP contribution in [-0.2, 0) is 4.79 Å². The van der Waals surface area contributed by atoms with Gasteiger partial charge in [0.05, 0.1) is 10.3 Å². The van der Waals surface area contributed by atoms with Crippen LogP contribution in [0.15, 0.2) is 80.8 Å². The van der Waals surface area contributed by atoms with E-state index in [1.54, 1.807) is 61.5 Å². The fourth-order valence-electron chi connectivity index (χ4n) is 4.28. The average Bonchev–Trinajstić information content (AvgIpc) is 3.56. The zero-order valence-corrected chi connectivity index (χ0v) is 21.5. The lowest BCUT2D eigenvalue weighted by molar-refractivity contribution is -0.115. The average molecular weight is 544 g/mol. The van der Waals surface area contributed by atoms with Gasteiger partial charge in [0.2, 0.25) is 18.0 Å². The van der Waals surface area contributed by atoms with Crippen molar-refractivity contribution in [2.45, 2.75) is 6.92 Å². The molecule has 10 heteroatoms. The Kier molecular flexibility index (Phi) is 6.45. The van der Waals surface area contributed by atoms with Crippen molar-refractivity contribution in [3.05, 3.63) is 87.4 Å². The van der Waals surface area contributed by atoms with Gasteiger partial charge in [-0.2, -0.15) is 0 Å². The van der Waals surface area contributed by atoms with Crippen LogP contribution in [0.3, 0.4) is 0 Å². The molecule has 0 bridgehead atoms. The van der Waals surface area contributed by atoms with Crippen LogP contribution in [-0.4, -0.2) is 31.2 Å². The molecule has 196 valence electrons. The monoisotopic (exact) mass is 543 g/mol. The maximum atomic E-state index is 13.3. The van der Waals surface area contributed by atoms with Gasteiger partial charge in [-0.1, -0.05) is 24.3 Å². The number of carbonyl (C=O) groups excluding carboxylic acids is 2. The van der Waals surface area contributed by atoms with Crippen LogP contribution in [0, 0.1) is 0 Å². The summed E-state index contributed by atoms with van der Waals surface area (Å²) in [7, 11) is 0. The van der Waals surface area contributed by atoms with Crippen LogP contribution in [0.1, 0.15) is 12.5 Å². The van der Waals surface area contributed by atoms with E-state index in [1.165, 1.54) is 0 Å². The first-order valence-corrected chi connectivity index (χ1v) is 12.9. The maximum Gasteiger partial charge on any atom is 0.290 e. The van der Waals surface area contributed by atoms with Gasteiger partial charge < -0.3 is 23.4 Å². The summed E-state index contributed by atoms with van der Waals surface area (Å²) in [4.78, 5) is 37.1. The summed E-state index contributed by atoms with van der Waals surface area (Å²) in [5.41, 5.74) is 2.28. The number of rotatable bonds is 7. The summed E-state index contributed by atoms with van der Waals surface area (Å²) in [6, 6.07) is 19.4. The molecule has 0 aliphatic carbocycles. The van der Waals surface area contributed by atoms with Crippen molar-refractivity contribution < 1.29 is 33.0 Å². The van der Waals surface area contributed by atoms with Crippen molar-refractivity contribution in [3.63, 3.8) is 0 Å². The Hall–Kier alpha value is -4.70. The van der Waals surface area contributed by atoms with E-state index in [1.807, 2.05) is 12.1 Å². The predicted octanol–water partition coefficient (Wildman–Crippen LogP) is 5.36. The van der Waals surface area contributed by atoms with Gasteiger partial charge in [0.25, 0.3) is 11.1 Å². The molecule has 1 N–H and O–H groups in total. The van der Waals surface area contributed by atoms with Crippen molar-refractivity contribution in [2.24, 2.45) is 0 Å².